The molecule has 7 rings (SSSR count). The average molecular weight is 543 g/mol. The third-order valence-corrected chi connectivity index (χ3v) is 8.71. The van der Waals surface area contributed by atoms with E-state index in [0.29, 0.717) is 46.4 Å². The Kier molecular flexibility index (Phi) is 4.66. The summed E-state index contributed by atoms with van der Waals surface area (Å²) in [7, 11) is 0. The Morgan fingerprint density at radius 1 is 0.756 bits per heavy atom. The van der Waals surface area contributed by atoms with Crippen LogP contribution in [0.5, 0.6) is 0 Å². The van der Waals surface area contributed by atoms with E-state index in [2.05, 4.69) is 37.0 Å². The first-order valence-electron chi connectivity index (χ1n) is 17.8. The fourth-order valence-corrected chi connectivity index (χ4v) is 6.15. The molecule has 0 unspecified atom stereocenters. The molecule has 41 heavy (non-hydrogen) atoms. The summed E-state index contributed by atoms with van der Waals surface area (Å²) >= 11 is 0. The van der Waals surface area contributed by atoms with Gasteiger partial charge in [0.1, 0.15) is 11.2 Å². The Bertz CT molecular complexity index is 2150. The van der Waals surface area contributed by atoms with E-state index >= 15 is 0 Å². The maximum absolute atomic E-state index is 9.29. The van der Waals surface area contributed by atoms with Crippen LogP contribution in [0, 0.1) is 19.1 Å². The fraction of sp³-hybridized carbons (Fsp3) is 0.256. The molecule has 1 aliphatic carbocycles. The lowest BCUT2D eigenvalue weighted by molar-refractivity contribution is 0.224. The first kappa shape index (κ1) is 19.0. The molecule has 0 radical (unpaired) electrons. The molecule has 0 amide bonds. The summed E-state index contributed by atoms with van der Waals surface area (Å²) in [6, 6.07) is 28.8. The van der Waals surface area contributed by atoms with Crippen molar-refractivity contribution in [2.45, 2.75) is 59.1 Å². The predicted molar refractivity (Wildman–Crippen MR) is 172 cm³/mol. The second kappa shape index (κ2) is 10.0. The van der Waals surface area contributed by atoms with E-state index < -0.39 is 19.6 Å². The molecule has 204 valence electrons. The number of fused-ring (bicyclic) bond motifs is 3. The van der Waals surface area contributed by atoms with E-state index in [9.17, 15) is 1.37 Å². The Labute approximate surface area is 252 Å². The molecule has 1 saturated carbocycles. The monoisotopic (exact) mass is 542 g/mol. The fourth-order valence-electron chi connectivity index (χ4n) is 6.15. The molecule has 2 aromatic heterocycles. The average Bonchev–Trinajstić information content (AvgIpc) is 3.43. The molecule has 2 heterocycles. The number of rotatable bonds is 4. The molecule has 0 spiro atoms. The number of hydrogen-bond acceptors (Lipinski definition) is 2. The molecule has 0 bridgehead atoms. The molecule has 0 N–H and O–H groups in total. The van der Waals surface area contributed by atoms with E-state index in [1.807, 2.05) is 54.6 Å². The third kappa shape index (κ3) is 4.76. The van der Waals surface area contributed by atoms with Gasteiger partial charge in [-0.15, -0.1) is 0 Å². The van der Waals surface area contributed by atoms with E-state index in [1.165, 1.54) is 6.20 Å². The standard InChI is InChI=1S/C39H37NO/c1-25-21-29(28-17-19-39(3,4)20-18-28)13-15-31(25)34-23-36(40-24-26(34)2)33-12-8-11-32-35-22-30(27-9-6-5-7-10-27)14-16-37(35)41-38(32)33/h5-16,21-24,28H,17-20H2,1-4H3/i1D3,2D3,28D. The summed E-state index contributed by atoms with van der Waals surface area (Å²) in [4.78, 5) is 4.60. The second-order valence-electron chi connectivity index (χ2n) is 12.0. The first-order valence-corrected chi connectivity index (χ1v) is 14.3. The highest BCUT2D eigenvalue weighted by atomic mass is 16.3. The van der Waals surface area contributed by atoms with Crippen LogP contribution in [0.1, 0.15) is 71.7 Å². The smallest absolute Gasteiger partial charge is 0.144 e. The highest BCUT2D eigenvalue weighted by Gasteiger charge is 2.28. The van der Waals surface area contributed by atoms with Crippen LogP contribution < -0.4 is 0 Å². The van der Waals surface area contributed by atoms with Gasteiger partial charge in [-0.25, -0.2) is 0 Å². The number of aryl methyl sites for hydroxylation is 2. The van der Waals surface area contributed by atoms with Crippen LogP contribution in [0.2, 0.25) is 0 Å². The molecule has 0 atom stereocenters. The third-order valence-electron chi connectivity index (χ3n) is 8.71. The van der Waals surface area contributed by atoms with Gasteiger partial charge in [-0.3, -0.25) is 4.98 Å². The molecule has 6 aromatic rings. The Balaban J connectivity index is 1.38. The summed E-state index contributed by atoms with van der Waals surface area (Å²) in [6.45, 7) is -0.680. The molecule has 0 saturated heterocycles. The van der Waals surface area contributed by atoms with Crippen molar-refractivity contribution in [3.05, 3.63) is 114 Å². The normalized spacial score (nSPS) is 19.4. The molecule has 1 fully saturated rings. The molecule has 0 aliphatic heterocycles. The number of furan rings is 1. The van der Waals surface area contributed by atoms with Crippen LogP contribution in [-0.2, 0) is 0 Å². The van der Waals surface area contributed by atoms with Crippen molar-refractivity contribution in [2.24, 2.45) is 5.41 Å². The van der Waals surface area contributed by atoms with Gasteiger partial charge in [0.25, 0.3) is 0 Å². The van der Waals surface area contributed by atoms with Crippen molar-refractivity contribution >= 4 is 21.9 Å². The number of nitrogens with zero attached hydrogens (tertiary/aromatic N) is 1. The lowest BCUT2D eigenvalue weighted by Crippen LogP contribution is -2.20. The zero-order valence-corrected chi connectivity index (χ0v) is 23.4. The minimum absolute atomic E-state index is 0.0335. The van der Waals surface area contributed by atoms with Crippen LogP contribution in [0.15, 0.2) is 102 Å². The summed E-state index contributed by atoms with van der Waals surface area (Å²) in [5.74, 6) is -0.901. The summed E-state index contributed by atoms with van der Waals surface area (Å²) in [5, 5.41) is 1.84. The Morgan fingerprint density at radius 3 is 2.39 bits per heavy atom. The van der Waals surface area contributed by atoms with Gasteiger partial charge < -0.3 is 4.42 Å². The topological polar surface area (TPSA) is 26.0 Å². The van der Waals surface area contributed by atoms with Gasteiger partial charge in [0.15, 0.2) is 0 Å². The Morgan fingerprint density at radius 2 is 1.59 bits per heavy atom. The minimum atomic E-state index is -2.55. The van der Waals surface area contributed by atoms with Crippen molar-refractivity contribution in [2.75, 3.05) is 0 Å². The van der Waals surface area contributed by atoms with E-state index in [4.69, 9.17) is 12.6 Å². The SMILES string of the molecule is [2H]C([2H])([2H])c1cnc(-c2cccc3c2oc2ccc(-c4ccccc4)cc23)cc1-c1ccc(C2([2H])CCC(C)(C)CC2)cc1C([2H])([2H])[2H]. The number of hydrogen-bond donors (Lipinski definition) is 0. The molecule has 4 aromatic carbocycles. The second-order valence-corrected chi connectivity index (χ2v) is 12.0. The quantitative estimate of drug-likeness (QED) is 0.221. The zero-order valence-electron chi connectivity index (χ0n) is 30.4. The Hall–Kier alpha value is -4.17. The molecule has 2 heteroatoms. The predicted octanol–water partition coefficient (Wildman–Crippen LogP) is 11.3. The molecular weight excluding hydrogens is 498 g/mol. The zero-order chi connectivity index (χ0) is 34.1. The van der Waals surface area contributed by atoms with Crippen LogP contribution in [0.4, 0.5) is 0 Å². The van der Waals surface area contributed by atoms with Crippen molar-refractivity contribution in [1.82, 2.24) is 4.98 Å². The van der Waals surface area contributed by atoms with Gasteiger partial charge in [0.05, 0.1) is 5.69 Å². The number of aromatic nitrogens is 1. The maximum Gasteiger partial charge on any atom is 0.144 e. The van der Waals surface area contributed by atoms with Gasteiger partial charge in [0.2, 0.25) is 0 Å². The van der Waals surface area contributed by atoms with E-state index in [1.54, 1.807) is 18.2 Å². The van der Waals surface area contributed by atoms with Crippen LogP contribution in [-0.4, -0.2) is 4.98 Å². The first-order chi connectivity index (χ1) is 22.6. The summed E-state index contributed by atoms with van der Waals surface area (Å²) in [5.41, 5.74) is 6.01. The summed E-state index contributed by atoms with van der Waals surface area (Å²) in [6.07, 6.45) is 4.35. The van der Waals surface area contributed by atoms with Crippen molar-refractivity contribution in [1.29, 1.82) is 0 Å². The van der Waals surface area contributed by atoms with Gasteiger partial charge >= 0.3 is 0 Å². The number of benzene rings is 4. The van der Waals surface area contributed by atoms with Crippen LogP contribution in [0.25, 0.3) is 55.4 Å². The van der Waals surface area contributed by atoms with Crippen LogP contribution in [0.3, 0.4) is 0 Å². The van der Waals surface area contributed by atoms with Crippen molar-refractivity contribution in [3.8, 4) is 33.5 Å². The molecule has 2 nitrogen and oxygen atoms in total. The number of para-hydroxylation sites is 1. The van der Waals surface area contributed by atoms with Crippen LogP contribution >= 0.6 is 0 Å². The van der Waals surface area contributed by atoms with Crippen molar-refractivity contribution < 1.29 is 14.0 Å². The highest BCUT2D eigenvalue weighted by Crippen LogP contribution is 2.44. The van der Waals surface area contributed by atoms with Gasteiger partial charge in [-0.2, -0.15) is 0 Å². The largest absolute Gasteiger partial charge is 0.455 e. The van der Waals surface area contributed by atoms with Crippen molar-refractivity contribution in [3.63, 3.8) is 0 Å². The number of pyridine rings is 1. The van der Waals surface area contributed by atoms with Gasteiger partial charge in [0, 0.05) is 32.1 Å². The van der Waals surface area contributed by atoms with E-state index in [-0.39, 0.29) is 22.1 Å². The van der Waals surface area contributed by atoms with E-state index in [0.717, 1.165) is 34.7 Å². The molecular formula is C39H37NO. The lowest BCUT2D eigenvalue weighted by Gasteiger charge is -2.34. The summed E-state index contributed by atoms with van der Waals surface area (Å²) < 4.78 is 66.2. The maximum atomic E-state index is 9.29. The minimum Gasteiger partial charge on any atom is -0.455 e. The lowest BCUT2D eigenvalue weighted by atomic mass is 9.71. The molecule has 1 aliphatic rings. The van der Waals surface area contributed by atoms with Gasteiger partial charge in [-0.05, 0) is 114 Å². The van der Waals surface area contributed by atoms with Gasteiger partial charge in [-0.1, -0.05) is 80.6 Å². The highest BCUT2D eigenvalue weighted by molar-refractivity contribution is 6.10.